The molecular formula is C12H11FN2O2S. The van der Waals surface area contributed by atoms with Crippen LogP contribution in [0.25, 0.3) is 0 Å². The first-order valence-corrected chi connectivity index (χ1v) is 6.53. The second-order valence-electron chi connectivity index (χ2n) is 4.24. The molecule has 1 heterocycles. The third-order valence-electron chi connectivity index (χ3n) is 3.04. The van der Waals surface area contributed by atoms with Crippen LogP contribution < -0.4 is 0 Å². The molecule has 0 aliphatic carbocycles. The van der Waals surface area contributed by atoms with Crippen LogP contribution in [0.1, 0.15) is 18.4 Å². The summed E-state index contributed by atoms with van der Waals surface area (Å²) in [5.41, 5.74) is -0.274. The van der Waals surface area contributed by atoms with Gasteiger partial charge in [0.25, 0.3) is 0 Å². The number of nitrogens with zero attached hydrogens (tertiary/aromatic N) is 2. The molecule has 6 heteroatoms. The van der Waals surface area contributed by atoms with Crippen LogP contribution in [0, 0.1) is 27.3 Å². The van der Waals surface area contributed by atoms with Gasteiger partial charge in [-0.1, -0.05) is 12.1 Å². The number of hydrogen-bond acceptors (Lipinski definition) is 4. The predicted molar refractivity (Wildman–Crippen MR) is 66.8 cm³/mol. The first-order chi connectivity index (χ1) is 8.58. The van der Waals surface area contributed by atoms with Gasteiger partial charge >= 0.3 is 5.69 Å². The summed E-state index contributed by atoms with van der Waals surface area (Å²) in [4.78, 5) is 9.92. The Kier molecular flexibility index (Phi) is 3.53. The van der Waals surface area contributed by atoms with Gasteiger partial charge in [0.2, 0.25) is 5.82 Å². The molecule has 1 atom stereocenters. The lowest BCUT2D eigenvalue weighted by molar-refractivity contribution is -0.387. The van der Waals surface area contributed by atoms with E-state index in [9.17, 15) is 19.8 Å². The Balaban J connectivity index is 2.32. The van der Waals surface area contributed by atoms with Gasteiger partial charge in [-0.25, -0.2) is 0 Å². The van der Waals surface area contributed by atoms with Crippen molar-refractivity contribution < 1.29 is 9.31 Å². The van der Waals surface area contributed by atoms with E-state index in [-0.39, 0.29) is 12.0 Å². The van der Waals surface area contributed by atoms with Crippen molar-refractivity contribution in [2.75, 3.05) is 5.75 Å². The highest BCUT2D eigenvalue weighted by Crippen LogP contribution is 2.41. The standard InChI is InChI=1S/C12H11FN2O2S/c13-11-9(3-1-4-10(11)15(16)17)7-12(8-14)5-2-6-18-12/h1,3-4H,2,5-7H2. The molecule has 18 heavy (non-hydrogen) atoms. The van der Waals surface area contributed by atoms with E-state index in [0.717, 1.165) is 18.2 Å². The molecule has 1 aromatic rings. The van der Waals surface area contributed by atoms with Gasteiger partial charge in [0.1, 0.15) is 4.75 Å². The summed E-state index contributed by atoms with van der Waals surface area (Å²) in [5, 5.41) is 19.9. The second-order valence-corrected chi connectivity index (χ2v) is 5.72. The summed E-state index contributed by atoms with van der Waals surface area (Å²) >= 11 is 1.51. The number of nitro groups is 1. The zero-order valence-corrected chi connectivity index (χ0v) is 10.4. The average molecular weight is 266 g/mol. The van der Waals surface area contributed by atoms with Gasteiger partial charge < -0.3 is 0 Å². The summed E-state index contributed by atoms with van der Waals surface area (Å²) < 4.78 is 13.3. The largest absolute Gasteiger partial charge is 0.305 e. The maximum Gasteiger partial charge on any atom is 0.305 e. The van der Waals surface area contributed by atoms with E-state index in [1.54, 1.807) is 0 Å². The van der Waals surface area contributed by atoms with Crippen LogP contribution in [0.3, 0.4) is 0 Å². The van der Waals surface area contributed by atoms with Crippen molar-refractivity contribution >= 4 is 17.4 Å². The Morgan fingerprint density at radius 1 is 1.61 bits per heavy atom. The van der Waals surface area contributed by atoms with Gasteiger partial charge in [0.15, 0.2) is 0 Å². The Morgan fingerprint density at radius 3 is 2.94 bits per heavy atom. The summed E-state index contributed by atoms with van der Waals surface area (Å²) in [6.07, 6.45) is 1.85. The number of nitro benzene ring substituents is 1. The molecule has 0 N–H and O–H groups in total. The van der Waals surface area contributed by atoms with E-state index >= 15 is 0 Å². The van der Waals surface area contributed by atoms with Crippen molar-refractivity contribution in [2.24, 2.45) is 0 Å². The van der Waals surface area contributed by atoms with Crippen LogP contribution in [0.15, 0.2) is 18.2 Å². The van der Waals surface area contributed by atoms with Crippen molar-refractivity contribution in [3.05, 3.63) is 39.7 Å². The number of benzene rings is 1. The van der Waals surface area contributed by atoms with Crippen molar-refractivity contribution in [1.82, 2.24) is 0 Å². The van der Waals surface area contributed by atoms with Gasteiger partial charge in [-0.05, 0) is 24.2 Å². The number of thioether (sulfide) groups is 1. The topological polar surface area (TPSA) is 66.9 Å². The van der Waals surface area contributed by atoms with Crippen molar-refractivity contribution in [2.45, 2.75) is 24.0 Å². The maximum absolute atomic E-state index is 13.9. The van der Waals surface area contributed by atoms with Crippen LogP contribution in [0.2, 0.25) is 0 Å². The van der Waals surface area contributed by atoms with Crippen molar-refractivity contribution in [3.8, 4) is 6.07 Å². The van der Waals surface area contributed by atoms with Crippen molar-refractivity contribution in [1.29, 1.82) is 5.26 Å². The Morgan fingerprint density at radius 2 is 2.39 bits per heavy atom. The van der Waals surface area contributed by atoms with Crippen LogP contribution >= 0.6 is 11.8 Å². The fraction of sp³-hybridized carbons (Fsp3) is 0.417. The lowest BCUT2D eigenvalue weighted by atomic mass is 9.95. The highest BCUT2D eigenvalue weighted by Gasteiger charge is 2.36. The van der Waals surface area contributed by atoms with E-state index in [1.165, 1.54) is 23.9 Å². The molecule has 0 bridgehead atoms. The molecule has 0 radical (unpaired) electrons. The van der Waals surface area contributed by atoms with Gasteiger partial charge in [-0.2, -0.15) is 9.65 Å². The van der Waals surface area contributed by atoms with Crippen LogP contribution in [-0.4, -0.2) is 15.4 Å². The Labute approximate surface area is 108 Å². The molecule has 0 amide bonds. The first kappa shape index (κ1) is 12.8. The highest BCUT2D eigenvalue weighted by molar-refractivity contribution is 8.01. The lowest BCUT2D eigenvalue weighted by Gasteiger charge is -2.19. The number of nitriles is 1. The fourth-order valence-corrected chi connectivity index (χ4v) is 3.41. The van der Waals surface area contributed by atoms with Gasteiger partial charge in [-0.15, -0.1) is 11.8 Å². The summed E-state index contributed by atoms with van der Waals surface area (Å²) in [6, 6.07) is 6.34. The quantitative estimate of drug-likeness (QED) is 0.623. The van der Waals surface area contributed by atoms with E-state index in [4.69, 9.17) is 0 Å². The average Bonchev–Trinajstić information content (AvgIpc) is 2.81. The molecular weight excluding hydrogens is 255 g/mol. The minimum Gasteiger partial charge on any atom is -0.258 e. The molecule has 4 nitrogen and oxygen atoms in total. The zero-order valence-electron chi connectivity index (χ0n) is 9.56. The molecule has 1 aliphatic heterocycles. The second kappa shape index (κ2) is 4.94. The van der Waals surface area contributed by atoms with E-state index in [2.05, 4.69) is 6.07 Å². The lowest BCUT2D eigenvalue weighted by Crippen LogP contribution is -2.22. The monoisotopic (exact) mass is 266 g/mol. The molecule has 1 unspecified atom stereocenters. The van der Waals surface area contributed by atoms with E-state index in [1.807, 2.05) is 0 Å². The SMILES string of the molecule is N#CC1(Cc2cccc([N+](=O)[O-])c2F)CCCS1. The Hall–Kier alpha value is -1.61. The highest BCUT2D eigenvalue weighted by atomic mass is 32.2. The van der Waals surface area contributed by atoms with E-state index < -0.39 is 21.2 Å². The third kappa shape index (κ3) is 2.31. The molecule has 0 spiro atoms. The minimum atomic E-state index is -0.815. The summed E-state index contributed by atoms with van der Waals surface area (Å²) in [5.74, 6) is 0.0639. The van der Waals surface area contributed by atoms with Crippen LogP contribution in [0.4, 0.5) is 10.1 Å². The molecule has 1 saturated heterocycles. The molecule has 2 rings (SSSR count). The zero-order chi connectivity index (χ0) is 13.2. The maximum atomic E-state index is 13.9. The van der Waals surface area contributed by atoms with Crippen LogP contribution in [0.5, 0.6) is 0 Å². The van der Waals surface area contributed by atoms with Gasteiger partial charge in [0, 0.05) is 12.5 Å². The number of rotatable bonds is 3. The molecule has 1 aromatic carbocycles. The molecule has 0 aromatic heterocycles. The summed E-state index contributed by atoms with van der Waals surface area (Å²) in [7, 11) is 0. The predicted octanol–water partition coefficient (Wildman–Crippen LogP) is 3.07. The van der Waals surface area contributed by atoms with E-state index in [0.29, 0.717) is 6.42 Å². The van der Waals surface area contributed by atoms with Gasteiger partial charge in [-0.3, -0.25) is 10.1 Å². The van der Waals surface area contributed by atoms with Gasteiger partial charge in [0.05, 0.1) is 11.0 Å². The molecule has 1 aliphatic rings. The summed E-state index contributed by atoms with van der Waals surface area (Å²) in [6.45, 7) is 0. The molecule has 94 valence electrons. The van der Waals surface area contributed by atoms with Crippen molar-refractivity contribution in [3.63, 3.8) is 0 Å². The molecule has 1 fully saturated rings. The Bertz CT molecular complexity index is 521. The van der Waals surface area contributed by atoms with Crippen LogP contribution in [-0.2, 0) is 6.42 Å². The third-order valence-corrected chi connectivity index (χ3v) is 4.52. The molecule has 0 saturated carbocycles. The fourth-order valence-electron chi connectivity index (χ4n) is 2.12. The normalized spacial score (nSPS) is 22.7. The number of halogens is 1. The minimum absolute atomic E-state index is 0.224. The smallest absolute Gasteiger partial charge is 0.258 e. The first-order valence-electron chi connectivity index (χ1n) is 5.55. The number of hydrogen-bond donors (Lipinski definition) is 0.